The Morgan fingerprint density at radius 2 is 1.94 bits per heavy atom. The number of fused-ring (bicyclic) bond motifs is 1. The number of amides is 1. The van der Waals surface area contributed by atoms with Crippen LogP contribution in [0.15, 0.2) is 71.8 Å². The van der Waals surface area contributed by atoms with Gasteiger partial charge in [-0.15, -0.1) is 11.8 Å². The van der Waals surface area contributed by atoms with Crippen LogP contribution in [-0.2, 0) is 11.3 Å². The van der Waals surface area contributed by atoms with Gasteiger partial charge in [-0.3, -0.25) is 14.7 Å². The van der Waals surface area contributed by atoms with Crippen molar-refractivity contribution in [3.05, 3.63) is 78.1 Å². The van der Waals surface area contributed by atoms with Gasteiger partial charge in [0.2, 0.25) is 5.91 Å². The summed E-state index contributed by atoms with van der Waals surface area (Å²) in [7, 11) is 0. The molecule has 1 amide bonds. The second kappa shape index (κ2) is 9.94. The molecule has 0 aliphatic rings. The van der Waals surface area contributed by atoms with Gasteiger partial charge in [-0.2, -0.15) is 0 Å². The monoisotopic (exact) mass is 449 g/mol. The van der Waals surface area contributed by atoms with Gasteiger partial charge in [0, 0.05) is 11.1 Å². The molecule has 2 heterocycles. The van der Waals surface area contributed by atoms with Crippen LogP contribution in [0.3, 0.4) is 0 Å². The Bertz CT molecular complexity index is 1160. The van der Waals surface area contributed by atoms with Gasteiger partial charge < -0.3 is 4.74 Å². The van der Waals surface area contributed by atoms with Crippen molar-refractivity contribution in [2.24, 2.45) is 0 Å². The van der Waals surface area contributed by atoms with Crippen molar-refractivity contribution in [1.29, 1.82) is 0 Å². The number of rotatable bonds is 8. The van der Waals surface area contributed by atoms with E-state index in [1.165, 1.54) is 28.7 Å². The van der Waals surface area contributed by atoms with Gasteiger partial charge in [0.15, 0.2) is 5.13 Å². The standard InChI is InChI=1S/C24H23N3O2S2/c1-3-29-20-8-6-9-21-23(20)26-24(31-21)27(15-18-7-4-5-14-25-18)22(28)16-30-19-12-10-17(2)11-13-19/h4-14H,3,15-16H2,1-2H3. The fourth-order valence-electron chi connectivity index (χ4n) is 3.07. The Labute approximate surface area is 190 Å². The average molecular weight is 450 g/mol. The van der Waals surface area contributed by atoms with E-state index in [4.69, 9.17) is 9.72 Å². The number of para-hydroxylation sites is 1. The molecule has 158 valence electrons. The number of ether oxygens (including phenoxy) is 1. The van der Waals surface area contributed by atoms with E-state index >= 15 is 0 Å². The lowest BCUT2D eigenvalue weighted by Gasteiger charge is -2.19. The summed E-state index contributed by atoms with van der Waals surface area (Å²) in [5.41, 5.74) is 2.81. The third-order valence-corrected chi connectivity index (χ3v) is 6.67. The number of carbonyl (C=O) groups is 1. The molecule has 0 N–H and O–H groups in total. The summed E-state index contributed by atoms with van der Waals surface area (Å²) in [6.45, 7) is 4.94. The van der Waals surface area contributed by atoms with Crippen LogP contribution in [0.2, 0.25) is 0 Å². The van der Waals surface area contributed by atoms with Crippen molar-refractivity contribution in [2.75, 3.05) is 17.3 Å². The molecule has 4 rings (SSSR count). The number of aromatic nitrogens is 2. The van der Waals surface area contributed by atoms with E-state index in [0.717, 1.165) is 26.6 Å². The highest BCUT2D eigenvalue weighted by Crippen LogP contribution is 2.35. The summed E-state index contributed by atoms with van der Waals surface area (Å²) >= 11 is 3.02. The lowest BCUT2D eigenvalue weighted by Crippen LogP contribution is -2.32. The number of benzene rings is 2. The summed E-state index contributed by atoms with van der Waals surface area (Å²) in [5, 5.41) is 0.655. The quantitative estimate of drug-likeness (QED) is 0.322. The van der Waals surface area contributed by atoms with Crippen molar-refractivity contribution < 1.29 is 9.53 Å². The Kier molecular flexibility index (Phi) is 6.84. The molecule has 2 aromatic carbocycles. The van der Waals surface area contributed by atoms with Crippen molar-refractivity contribution in [2.45, 2.75) is 25.3 Å². The number of pyridine rings is 1. The second-order valence-electron chi connectivity index (χ2n) is 6.94. The summed E-state index contributed by atoms with van der Waals surface area (Å²) in [4.78, 5) is 25.3. The summed E-state index contributed by atoms with van der Waals surface area (Å²) in [5.74, 6) is 1.06. The highest BCUT2D eigenvalue weighted by Gasteiger charge is 2.22. The van der Waals surface area contributed by atoms with E-state index in [1.807, 2.05) is 55.5 Å². The minimum Gasteiger partial charge on any atom is -0.492 e. The molecular formula is C24H23N3O2S2. The molecule has 0 aliphatic heterocycles. The number of hydrogen-bond acceptors (Lipinski definition) is 6. The summed E-state index contributed by atoms with van der Waals surface area (Å²) in [6, 6.07) is 19.8. The number of anilines is 1. The van der Waals surface area contributed by atoms with Crippen molar-refractivity contribution in [3.63, 3.8) is 0 Å². The van der Waals surface area contributed by atoms with Gasteiger partial charge in [0.1, 0.15) is 11.3 Å². The minimum atomic E-state index is -0.00626. The summed E-state index contributed by atoms with van der Waals surface area (Å²) < 4.78 is 6.72. The number of aryl methyl sites for hydroxylation is 1. The Morgan fingerprint density at radius 1 is 1.10 bits per heavy atom. The predicted molar refractivity (Wildman–Crippen MR) is 128 cm³/mol. The van der Waals surface area contributed by atoms with Crippen LogP contribution in [0.1, 0.15) is 18.2 Å². The van der Waals surface area contributed by atoms with Crippen molar-refractivity contribution in [1.82, 2.24) is 9.97 Å². The first kappa shape index (κ1) is 21.3. The maximum atomic E-state index is 13.3. The molecule has 0 fully saturated rings. The Hall–Kier alpha value is -2.90. The normalized spacial score (nSPS) is 10.9. The van der Waals surface area contributed by atoms with Crippen molar-refractivity contribution in [3.8, 4) is 5.75 Å². The number of hydrogen-bond donors (Lipinski definition) is 0. The number of nitrogens with zero attached hydrogens (tertiary/aromatic N) is 3. The highest BCUT2D eigenvalue weighted by atomic mass is 32.2. The molecule has 0 saturated carbocycles. The molecule has 31 heavy (non-hydrogen) atoms. The molecule has 4 aromatic rings. The molecule has 0 bridgehead atoms. The minimum absolute atomic E-state index is 0.00626. The van der Waals surface area contributed by atoms with Crippen LogP contribution < -0.4 is 9.64 Å². The largest absolute Gasteiger partial charge is 0.492 e. The van der Waals surface area contributed by atoms with E-state index in [0.29, 0.717) is 24.0 Å². The lowest BCUT2D eigenvalue weighted by atomic mass is 10.2. The molecule has 5 nitrogen and oxygen atoms in total. The Morgan fingerprint density at radius 3 is 2.68 bits per heavy atom. The average Bonchev–Trinajstić information content (AvgIpc) is 3.23. The van der Waals surface area contributed by atoms with Gasteiger partial charge in [-0.25, -0.2) is 4.98 Å². The van der Waals surface area contributed by atoms with Crippen LogP contribution in [0, 0.1) is 6.92 Å². The second-order valence-corrected chi connectivity index (χ2v) is 8.99. The maximum absolute atomic E-state index is 13.3. The smallest absolute Gasteiger partial charge is 0.239 e. The molecule has 0 radical (unpaired) electrons. The van der Waals surface area contributed by atoms with E-state index in [2.05, 4.69) is 24.0 Å². The Balaban J connectivity index is 1.62. The zero-order chi connectivity index (χ0) is 21.6. The maximum Gasteiger partial charge on any atom is 0.239 e. The number of thiazole rings is 1. The molecule has 0 atom stereocenters. The van der Waals surface area contributed by atoms with Crippen molar-refractivity contribution >= 4 is 44.4 Å². The molecule has 0 spiro atoms. The number of thioether (sulfide) groups is 1. The molecule has 2 aromatic heterocycles. The highest BCUT2D eigenvalue weighted by molar-refractivity contribution is 8.00. The van der Waals surface area contributed by atoms with Gasteiger partial charge in [-0.1, -0.05) is 41.2 Å². The zero-order valence-electron chi connectivity index (χ0n) is 17.4. The van der Waals surface area contributed by atoms with Crippen LogP contribution >= 0.6 is 23.1 Å². The van der Waals surface area contributed by atoms with E-state index < -0.39 is 0 Å². The topological polar surface area (TPSA) is 55.3 Å². The molecule has 7 heteroatoms. The van der Waals surface area contributed by atoms with Gasteiger partial charge >= 0.3 is 0 Å². The summed E-state index contributed by atoms with van der Waals surface area (Å²) in [6.07, 6.45) is 1.74. The fraction of sp³-hybridized carbons (Fsp3) is 0.208. The fourth-order valence-corrected chi connectivity index (χ4v) is 4.85. The third-order valence-electron chi connectivity index (χ3n) is 4.63. The molecule has 0 aliphatic carbocycles. The van der Waals surface area contributed by atoms with E-state index in [9.17, 15) is 4.79 Å². The zero-order valence-corrected chi connectivity index (χ0v) is 19.1. The van der Waals surface area contributed by atoms with E-state index in [1.54, 1.807) is 11.1 Å². The first-order valence-electron chi connectivity index (χ1n) is 10.1. The molecule has 0 saturated heterocycles. The number of carbonyl (C=O) groups excluding carboxylic acids is 1. The van der Waals surface area contributed by atoms with Crippen LogP contribution in [0.25, 0.3) is 10.2 Å². The first-order valence-corrected chi connectivity index (χ1v) is 11.9. The van der Waals surface area contributed by atoms with Gasteiger partial charge in [0.25, 0.3) is 0 Å². The van der Waals surface area contributed by atoms with Gasteiger partial charge in [-0.05, 0) is 50.2 Å². The predicted octanol–water partition coefficient (Wildman–Crippen LogP) is 5.72. The lowest BCUT2D eigenvalue weighted by molar-refractivity contribution is -0.116. The first-order chi connectivity index (χ1) is 15.1. The third kappa shape index (κ3) is 5.24. The molecular weight excluding hydrogens is 426 g/mol. The van der Waals surface area contributed by atoms with E-state index in [-0.39, 0.29) is 5.91 Å². The van der Waals surface area contributed by atoms with Gasteiger partial charge in [0.05, 0.1) is 29.3 Å². The SMILES string of the molecule is CCOc1cccc2sc(N(Cc3ccccn3)C(=O)CSc3ccc(C)cc3)nc12. The van der Waals surface area contributed by atoms with Crippen LogP contribution in [-0.4, -0.2) is 28.2 Å². The molecule has 0 unspecified atom stereocenters. The van der Waals surface area contributed by atoms with Crippen LogP contribution in [0.4, 0.5) is 5.13 Å². The van der Waals surface area contributed by atoms with Crippen LogP contribution in [0.5, 0.6) is 5.75 Å².